The lowest BCUT2D eigenvalue weighted by atomic mass is 9.98. The van der Waals surface area contributed by atoms with Crippen LogP contribution in [0.25, 0.3) is 0 Å². The average molecular weight is 424 g/mol. The molecule has 1 fully saturated rings. The van der Waals surface area contributed by atoms with E-state index in [2.05, 4.69) is 5.32 Å². The van der Waals surface area contributed by atoms with E-state index in [4.69, 9.17) is 0 Å². The first-order chi connectivity index (χ1) is 13.9. The zero-order valence-corrected chi connectivity index (χ0v) is 18.3. The van der Waals surface area contributed by atoms with Crippen molar-refractivity contribution in [3.05, 3.63) is 30.3 Å². The van der Waals surface area contributed by atoms with Gasteiger partial charge in [-0.25, -0.2) is 8.42 Å². The Kier molecular flexibility index (Phi) is 9.10. The molecule has 7 nitrogen and oxygen atoms in total. The van der Waals surface area contributed by atoms with Crippen LogP contribution in [0.2, 0.25) is 0 Å². The molecule has 0 radical (unpaired) electrons. The predicted molar refractivity (Wildman–Crippen MR) is 113 cm³/mol. The number of rotatable bonds is 10. The van der Waals surface area contributed by atoms with Gasteiger partial charge in [0.25, 0.3) is 0 Å². The highest BCUT2D eigenvalue weighted by atomic mass is 32.2. The van der Waals surface area contributed by atoms with Crippen molar-refractivity contribution in [2.45, 2.75) is 50.8 Å². The summed E-state index contributed by atoms with van der Waals surface area (Å²) in [6.45, 7) is 6.78. The van der Waals surface area contributed by atoms with Crippen LogP contribution in [0, 0.1) is 5.92 Å². The zero-order valence-electron chi connectivity index (χ0n) is 17.5. The summed E-state index contributed by atoms with van der Waals surface area (Å²) in [7, 11) is -3.44. The van der Waals surface area contributed by atoms with Gasteiger partial charge in [0.1, 0.15) is 0 Å². The topological polar surface area (TPSA) is 86.8 Å². The number of sulfonamides is 1. The maximum atomic E-state index is 12.6. The molecule has 1 N–H and O–H groups in total. The molecule has 0 saturated carbocycles. The Balaban J connectivity index is 1.68. The molecular formula is C21H33N3O4S. The number of benzene rings is 1. The Bertz CT molecular complexity index is 755. The fraction of sp³-hybridized carbons (Fsp3) is 0.619. The summed E-state index contributed by atoms with van der Waals surface area (Å²) in [5, 5.41) is 2.94. The lowest BCUT2D eigenvalue weighted by molar-refractivity contribution is -0.131. The maximum absolute atomic E-state index is 12.6. The predicted octanol–water partition coefficient (Wildman–Crippen LogP) is 2.24. The van der Waals surface area contributed by atoms with Gasteiger partial charge in [-0.05, 0) is 51.2 Å². The van der Waals surface area contributed by atoms with Gasteiger partial charge in [0.2, 0.25) is 21.8 Å². The number of hydrogen-bond acceptors (Lipinski definition) is 4. The molecule has 0 aromatic heterocycles. The Morgan fingerprint density at radius 3 is 2.28 bits per heavy atom. The molecule has 1 saturated heterocycles. The van der Waals surface area contributed by atoms with Crippen LogP contribution in [-0.4, -0.2) is 62.2 Å². The van der Waals surface area contributed by atoms with E-state index in [1.807, 2.05) is 13.8 Å². The van der Waals surface area contributed by atoms with Crippen LogP contribution < -0.4 is 5.32 Å². The van der Waals surface area contributed by atoms with Crippen molar-refractivity contribution in [1.29, 1.82) is 0 Å². The first-order valence-corrected chi connectivity index (χ1v) is 11.9. The molecule has 8 heteroatoms. The maximum Gasteiger partial charge on any atom is 0.243 e. The Hall–Kier alpha value is -1.93. The van der Waals surface area contributed by atoms with Crippen molar-refractivity contribution in [2.75, 3.05) is 32.7 Å². The van der Waals surface area contributed by atoms with Gasteiger partial charge >= 0.3 is 0 Å². The molecule has 1 aliphatic rings. The van der Waals surface area contributed by atoms with Crippen molar-refractivity contribution < 1.29 is 18.0 Å². The van der Waals surface area contributed by atoms with Crippen LogP contribution in [0.5, 0.6) is 0 Å². The smallest absolute Gasteiger partial charge is 0.243 e. The van der Waals surface area contributed by atoms with Crippen molar-refractivity contribution in [3.8, 4) is 0 Å². The average Bonchev–Trinajstić information content (AvgIpc) is 2.74. The molecule has 162 valence electrons. The van der Waals surface area contributed by atoms with E-state index in [1.54, 1.807) is 35.2 Å². The largest absolute Gasteiger partial charge is 0.356 e. The second-order valence-corrected chi connectivity index (χ2v) is 9.32. The van der Waals surface area contributed by atoms with Crippen molar-refractivity contribution in [3.63, 3.8) is 0 Å². The first kappa shape index (κ1) is 23.3. The number of hydrogen-bond donors (Lipinski definition) is 1. The van der Waals surface area contributed by atoms with Crippen LogP contribution in [0.4, 0.5) is 0 Å². The molecule has 0 aliphatic carbocycles. The van der Waals surface area contributed by atoms with E-state index in [0.29, 0.717) is 56.9 Å². The third kappa shape index (κ3) is 6.82. The van der Waals surface area contributed by atoms with Crippen molar-refractivity contribution in [1.82, 2.24) is 14.5 Å². The third-order valence-electron chi connectivity index (χ3n) is 5.45. The second kappa shape index (κ2) is 11.3. The third-order valence-corrected chi connectivity index (χ3v) is 7.37. The first-order valence-electron chi connectivity index (χ1n) is 10.5. The molecule has 1 aromatic carbocycles. The normalized spacial score (nSPS) is 15.8. The van der Waals surface area contributed by atoms with Gasteiger partial charge in [-0.15, -0.1) is 0 Å². The summed E-state index contributed by atoms with van der Waals surface area (Å²) in [5.41, 5.74) is 0. The number of nitrogens with one attached hydrogen (secondary N) is 1. The van der Waals surface area contributed by atoms with Gasteiger partial charge in [0, 0.05) is 45.6 Å². The number of amides is 2. The van der Waals surface area contributed by atoms with E-state index in [9.17, 15) is 18.0 Å². The SMILES string of the molecule is CCN(CC)C(=O)CCCC(=O)NCC1CCN(S(=O)(=O)c2ccccc2)CC1. The van der Waals surface area contributed by atoms with Crippen molar-refractivity contribution in [2.24, 2.45) is 5.92 Å². The summed E-state index contributed by atoms with van der Waals surface area (Å²) in [6.07, 6.45) is 2.74. The lowest BCUT2D eigenvalue weighted by Crippen LogP contribution is -2.41. The Morgan fingerprint density at radius 1 is 1.07 bits per heavy atom. The molecule has 2 rings (SSSR count). The monoisotopic (exact) mass is 423 g/mol. The quantitative estimate of drug-likeness (QED) is 0.625. The molecule has 1 aliphatic heterocycles. The highest BCUT2D eigenvalue weighted by Crippen LogP contribution is 2.23. The van der Waals surface area contributed by atoms with Crippen LogP contribution in [0.3, 0.4) is 0 Å². The molecule has 2 amide bonds. The molecule has 0 bridgehead atoms. The minimum atomic E-state index is -3.44. The minimum absolute atomic E-state index is 0.0447. The molecule has 0 atom stereocenters. The summed E-state index contributed by atoms with van der Waals surface area (Å²) in [4.78, 5) is 26.1. The second-order valence-electron chi connectivity index (χ2n) is 7.38. The standard InChI is InChI=1S/C21H33N3O4S/c1-3-23(4-2)21(26)12-8-11-20(25)22-17-18-13-15-24(16-14-18)29(27,28)19-9-6-5-7-10-19/h5-7,9-10,18H,3-4,8,11-17H2,1-2H3,(H,22,25). The van der Waals surface area contributed by atoms with E-state index in [0.717, 1.165) is 12.8 Å². The summed E-state index contributed by atoms with van der Waals surface area (Å²) in [5.74, 6) is 0.324. The fourth-order valence-electron chi connectivity index (χ4n) is 3.58. The highest BCUT2D eigenvalue weighted by Gasteiger charge is 2.29. The van der Waals surface area contributed by atoms with Crippen LogP contribution >= 0.6 is 0 Å². The Labute approximate surface area is 174 Å². The van der Waals surface area contributed by atoms with Crippen molar-refractivity contribution >= 4 is 21.8 Å². The molecule has 0 spiro atoms. The van der Waals surface area contributed by atoms with E-state index in [-0.39, 0.29) is 17.7 Å². The summed E-state index contributed by atoms with van der Waals surface area (Å²) in [6, 6.07) is 8.49. The number of piperidine rings is 1. The fourth-order valence-corrected chi connectivity index (χ4v) is 5.07. The number of nitrogens with zero attached hydrogens (tertiary/aromatic N) is 2. The molecule has 1 heterocycles. The zero-order chi connectivity index (χ0) is 21.3. The van der Waals surface area contributed by atoms with Gasteiger partial charge in [-0.2, -0.15) is 4.31 Å². The Morgan fingerprint density at radius 2 is 1.69 bits per heavy atom. The summed E-state index contributed by atoms with van der Waals surface area (Å²) < 4.78 is 26.8. The minimum Gasteiger partial charge on any atom is -0.356 e. The molecular weight excluding hydrogens is 390 g/mol. The molecule has 29 heavy (non-hydrogen) atoms. The van der Waals surface area contributed by atoms with Crippen LogP contribution in [-0.2, 0) is 19.6 Å². The van der Waals surface area contributed by atoms with E-state index in [1.165, 1.54) is 4.31 Å². The van der Waals surface area contributed by atoms with Gasteiger partial charge < -0.3 is 10.2 Å². The van der Waals surface area contributed by atoms with E-state index >= 15 is 0 Å². The molecule has 0 unspecified atom stereocenters. The van der Waals surface area contributed by atoms with Gasteiger partial charge in [0.15, 0.2) is 0 Å². The van der Waals surface area contributed by atoms with Crippen LogP contribution in [0.15, 0.2) is 35.2 Å². The summed E-state index contributed by atoms with van der Waals surface area (Å²) >= 11 is 0. The van der Waals surface area contributed by atoms with Crippen LogP contribution in [0.1, 0.15) is 46.0 Å². The number of carbonyl (C=O) groups is 2. The molecule has 1 aromatic rings. The lowest BCUT2D eigenvalue weighted by Gasteiger charge is -2.31. The van der Waals surface area contributed by atoms with Gasteiger partial charge in [-0.3, -0.25) is 9.59 Å². The highest BCUT2D eigenvalue weighted by molar-refractivity contribution is 7.89. The van der Waals surface area contributed by atoms with E-state index < -0.39 is 10.0 Å². The number of carbonyl (C=O) groups excluding carboxylic acids is 2. The van der Waals surface area contributed by atoms with Gasteiger partial charge in [-0.1, -0.05) is 18.2 Å². The van der Waals surface area contributed by atoms with Gasteiger partial charge in [0.05, 0.1) is 4.90 Å².